The van der Waals surface area contributed by atoms with Crippen LogP contribution in [0.4, 0.5) is 0 Å². The first-order valence-corrected chi connectivity index (χ1v) is 23.0. The Kier molecular flexibility index (Phi) is 27.1. The van der Waals surface area contributed by atoms with Gasteiger partial charge in [-0.25, -0.2) is 9.78 Å². The van der Waals surface area contributed by atoms with Crippen molar-refractivity contribution in [3.63, 3.8) is 0 Å². The Morgan fingerprint density at radius 2 is 1.01 bits per heavy atom. The molecule has 0 unspecified atom stereocenters. The van der Waals surface area contributed by atoms with Crippen molar-refractivity contribution in [1.82, 2.24) is 57.8 Å². The highest BCUT2D eigenvalue weighted by atomic mass is 16.4. The van der Waals surface area contributed by atoms with Gasteiger partial charge in [0.1, 0.15) is 42.3 Å². The largest absolute Gasteiger partial charge is 0.481 e. The van der Waals surface area contributed by atoms with Gasteiger partial charge in [-0.3, -0.25) is 57.5 Å². The molecule has 1 aromatic heterocycles. The van der Waals surface area contributed by atoms with Gasteiger partial charge in [-0.15, -0.1) is 0 Å². The van der Waals surface area contributed by atoms with Gasteiger partial charge in [0.05, 0.1) is 51.5 Å². The van der Waals surface area contributed by atoms with Gasteiger partial charge < -0.3 is 89.2 Å². The van der Waals surface area contributed by atoms with Crippen LogP contribution in [0.25, 0.3) is 0 Å². The van der Waals surface area contributed by atoms with Crippen LogP contribution in [0.3, 0.4) is 0 Å². The number of hydrogen-bond donors (Lipinski definition) is 17. The number of aromatic nitrogens is 2. The number of H-pyrrole nitrogens is 1. The van der Waals surface area contributed by atoms with Gasteiger partial charge in [0.15, 0.2) is 0 Å². The molecule has 0 saturated carbocycles. The quantitative estimate of drug-likeness (QED) is 0.0305. The number of imidazole rings is 1. The highest BCUT2D eigenvalue weighted by Crippen LogP contribution is 2.08. The number of aliphatic carboxylic acids is 4. The van der Waals surface area contributed by atoms with Crippen LogP contribution in [0, 0.1) is 0 Å². The zero-order valence-electron chi connectivity index (χ0n) is 40.4. The van der Waals surface area contributed by atoms with E-state index in [2.05, 4.69) is 52.5 Å². The number of hydrogen-bond acceptors (Lipinski definition) is 17. The minimum Gasteiger partial charge on any atom is -0.481 e. The topological polar surface area (TPSA) is 506 Å². The van der Waals surface area contributed by atoms with E-state index < -0.39 is 177 Å². The van der Waals surface area contributed by atoms with Crippen molar-refractivity contribution in [1.29, 1.82) is 0 Å². The van der Waals surface area contributed by atoms with Gasteiger partial charge in [-0.2, -0.15) is 0 Å². The SMILES string of the molecule is CCCC[C@H](NC(=O)[C@H](CCC(=O)O)NC(=O)[C@H](CC(=O)O)NC(=O)[C@H](CO)NC(=O)[C@H](Cc1ccccc1)NC(=O)[C@H](CO)NC(=O)CNC(=O)[C@H](CC(=O)O)NC(=O)CNC(=O)[C@@H](N)Cc1cnc[nH]1)C(=O)O. The molecule has 18 N–H and O–H groups in total. The minimum absolute atomic E-state index is 0.0267. The lowest BCUT2D eigenvalue weighted by Gasteiger charge is -2.26. The summed E-state index contributed by atoms with van der Waals surface area (Å²) in [6.45, 7) is -2.26. The molecular weight excluding hydrogens is 1000 g/mol. The first kappa shape index (κ1) is 62.5. The molecule has 0 aliphatic rings. The fraction of sp³-hybridized carbons (Fsp3) is 0.500. The number of nitrogens with two attached hydrogens (primary N) is 1. The molecule has 2 aromatic rings. The third-order valence-corrected chi connectivity index (χ3v) is 10.5. The van der Waals surface area contributed by atoms with Gasteiger partial charge in [-0.05, 0) is 18.4 Å². The number of aromatic amines is 1. The molecule has 31 heteroatoms. The number of rotatable bonds is 35. The fourth-order valence-corrected chi connectivity index (χ4v) is 6.58. The van der Waals surface area contributed by atoms with Crippen LogP contribution in [0.2, 0.25) is 0 Å². The molecule has 0 fully saturated rings. The summed E-state index contributed by atoms with van der Waals surface area (Å²) in [6.07, 6.45) is -0.101. The number of benzene rings is 1. The average molecular weight is 1060 g/mol. The molecular formula is C44H62N12O19. The molecule has 412 valence electrons. The van der Waals surface area contributed by atoms with Crippen LogP contribution in [-0.4, -0.2) is 192 Å². The van der Waals surface area contributed by atoms with E-state index in [0.717, 1.165) is 0 Å². The lowest BCUT2D eigenvalue weighted by atomic mass is 10.0. The maximum absolute atomic E-state index is 13.8. The second-order valence-electron chi connectivity index (χ2n) is 16.5. The maximum Gasteiger partial charge on any atom is 0.326 e. The van der Waals surface area contributed by atoms with Gasteiger partial charge >= 0.3 is 23.9 Å². The monoisotopic (exact) mass is 1060 g/mol. The Hall–Kier alpha value is -8.58. The molecule has 8 atom stereocenters. The van der Waals surface area contributed by atoms with Crippen LogP contribution >= 0.6 is 0 Å². The van der Waals surface area contributed by atoms with E-state index in [1.807, 2.05) is 5.32 Å². The summed E-state index contributed by atoms with van der Waals surface area (Å²) in [6, 6.07) is -5.85. The van der Waals surface area contributed by atoms with Crippen molar-refractivity contribution in [2.24, 2.45) is 5.73 Å². The molecule has 0 radical (unpaired) electrons. The standard InChI is InChI=1S/C44H62N12O19/c1-2-3-9-26(44(74)75)53-39(69)25(10-11-34(61)62)52-41(71)29(15-36(65)66)55-43(73)31(20-58)56-40(70)27(12-22-7-5-4-6-8-22)54-42(72)30(19-57)51-33(60)18-48-38(68)28(14-35(63)64)50-32(59)17-47-37(67)24(45)13-23-16-46-21-49-23/h4-8,16,21,24-31,57-58H,2-3,9-15,17-20,45H2,1H3,(H,46,49)(H,47,67)(H,48,68)(H,50,59)(H,51,60)(H,52,71)(H,53,69)(H,54,72)(H,55,73)(H,56,70)(H,61,62)(H,63,64)(H,65,66)(H,74,75)/t24-,25-,26-,27-,28-,29-,30-,31-/m0/s1. The number of carboxylic acid groups (broad SMARTS) is 4. The number of nitrogens with zero attached hydrogens (tertiary/aromatic N) is 1. The lowest BCUT2D eigenvalue weighted by Crippen LogP contribution is -2.61. The predicted octanol–water partition coefficient (Wildman–Crippen LogP) is -6.78. The van der Waals surface area contributed by atoms with Crippen LogP contribution < -0.4 is 53.6 Å². The molecule has 0 spiro atoms. The normalized spacial score (nSPS) is 14.0. The summed E-state index contributed by atoms with van der Waals surface area (Å²) in [5.74, 6) is -16.5. The van der Waals surface area contributed by atoms with Crippen molar-refractivity contribution >= 4 is 77.0 Å². The molecule has 2 rings (SSSR count). The van der Waals surface area contributed by atoms with Gasteiger partial charge in [-0.1, -0.05) is 50.1 Å². The van der Waals surface area contributed by atoms with E-state index in [-0.39, 0.29) is 19.3 Å². The lowest BCUT2D eigenvalue weighted by molar-refractivity contribution is -0.144. The number of unbranched alkanes of at least 4 members (excludes halogenated alkanes) is 1. The summed E-state index contributed by atoms with van der Waals surface area (Å²) in [4.78, 5) is 171. The number of carbonyl (C=O) groups is 13. The molecule has 9 amide bonds. The fourth-order valence-electron chi connectivity index (χ4n) is 6.58. The predicted molar refractivity (Wildman–Crippen MR) is 253 cm³/mol. The van der Waals surface area contributed by atoms with Gasteiger partial charge in [0.2, 0.25) is 53.2 Å². The summed E-state index contributed by atoms with van der Waals surface area (Å²) in [5, 5.41) is 77.2. The Morgan fingerprint density at radius 1 is 0.547 bits per heavy atom. The highest BCUT2D eigenvalue weighted by Gasteiger charge is 2.35. The summed E-state index contributed by atoms with van der Waals surface area (Å²) >= 11 is 0. The number of aliphatic hydroxyl groups is 2. The van der Waals surface area contributed by atoms with Crippen molar-refractivity contribution < 1.29 is 93.0 Å². The molecule has 31 nitrogen and oxygen atoms in total. The number of nitrogens with one attached hydrogen (secondary N) is 10. The molecule has 75 heavy (non-hydrogen) atoms. The third-order valence-electron chi connectivity index (χ3n) is 10.5. The first-order valence-electron chi connectivity index (χ1n) is 23.0. The summed E-state index contributed by atoms with van der Waals surface area (Å²) in [5.41, 5.74) is 6.74. The highest BCUT2D eigenvalue weighted by molar-refractivity contribution is 5.99. The zero-order chi connectivity index (χ0) is 56.2. The first-order chi connectivity index (χ1) is 35.5. The Balaban J connectivity index is 2.18. The van der Waals surface area contributed by atoms with Crippen molar-refractivity contribution in [3.8, 4) is 0 Å². The molecule has 0 aliphatic heterocycles. The second kappa shape index (κ2) is 32.5. The molecule has 0 bridgehead atoms. The van der Waals surface area contributed by atoms with Crippen LogP contribution in [0.15, 0.2) is 42.9 Å². The van der Waals surface area contributed by atoms with Gasteiger partial charge in [0, 0.05) is 31.2 Å². The molecule has 1 aromatic carbocycles. The molecule has 0 aliphatic carbocycles. The van der Waals surface area contributed by atoms with E-state index in [4.69, 9.17) is 5.73 Å². The van der Waals surface area contributed by atoms with Crippen molar-refractivity contribution in [2.45, 2.75) is 113 Å². The van der Waals surface area contributed by atoms with E-state index in [1.165, 1.54) is 24.7 Å². The number of aliphatic hydroxyl groups excluding tert-OH is 2. The van der Waals surface area contributed by atoms with Crippen LogP contribution in [-0.2, 0) is 75.2 Å². The second-order valence-corrected chi connectivity index (χ2v) is 16.5. The Morgan fingerprint density at radius 3 is 1.53 bits per heavy atom. The Bertz CT molecular complexity index is 2320. The number of carboxylic acids is 4. The summed E-state index contributed by atoms with van der Waals surface area (Å²) < 4.78 is 0. The van der Waals surface area contributed by atoms with Crippen molar-refractivity contribution in [2.75, 3.05) is 26.3 Å². The number of amides is 9. The van der Waals surface area contributed by atoms with E-state index in [1.54, 1.807) is 25.1 Å². The summed E-state index contributed by atoms with van der Waals surface area (Å²) in [7, 11) is 0. The van der Waals surface area contributed by atoms with Crippen LogP contribution in [0.5, 0.6) is 0 Å². The minimum atomic E-state index is -2.06. The van der Waals surface area contributed by atoms with Crippen LogP contribution in [0.1, 0.15) is 63.1 Å². The smallest absolute Gasteiger partial charge is 0.326 e. The number of carbonyl (C=O) groups excluding carboxylic acids is 9. The average Bonchev–Trinajstić information content (AvgIpc) is 3.87. The van der Waals surface area contributed by atoms with Gasteiger partial charge in [0.25, 0.3) is 0 Å². The van der Waals surface area contributed by atoms with Crippen molar-refractivity contribution in [3.05, 3.63) is 54.1 Å². The van der Waals surface area contributed by atoms with E-state index >= 15 is 0 Å². The third kappa shape index (κ3) is 23.7. The maximum atomic E-state index is 13.8. The Labute approximate surface area is 426 Å². The van der Waals surface area contributed by atoms with E-state index in [0.29, 0.717) is 24.1 Å². The zero-order valence-corrected chi connectivity index (χ0v) is 40.4. The molecule has 1 heterocycles. The van der Waals surface area contributed by atoms with E-state index in [9.17, 15) is 93.0 Å². The molecule has 0 saturated heterocycles.